The second kappa shape index (κ2) is 2.23. The summed E-state index contributed by atoms with van der Waals surface area (Å²) in [4.78, 5) is 3.96. The zero-order chi connectivity index (χ0) is 7.84. The van der Waals surface area contributed by atoms with Gasteiger partial charge >= 0.3 is 0 Å². The Hall–Kier alpha value is -1.03. The molecule has 0 aliphatic rings. The normalized spacial score (nSPS) is 10.6. The largest absolute Gasteiger partial charge is 0.382 e. The van der Waals surface area contributed by atoms with Crippen molar-refractivity contribution in [3.63, 3.8) is 0 Å². The van der Waals surface area contributed by atoms with Gasteiger partial charge in [0.25, 0.3) is 0 Å². The molecule has 2 heterocycles. The third-order valence-electron chi connectivity index (χ3n) is 1.53. The van der Waals surface area contributed by atoms with Gasteiger partial charge in [-0.2, -0.15) is 0 Å². The van der Waals surface area contributed by atoms with Gasteiger partial charge in [0.1, 0.15) is 12.1 Å². The number of halogens is 1. The molecule has 56 valence electrons. The van der Waals surface area contributed by atoms with E-state index in [0.29, 0.717) is 5.82 Å². The topological polar surface area (TPSA) is 43.3 Å². The number of hydrogen-bond acceptors (Lipinski definition) is 2. The van der Waals surface area contributed by atoms with Gasteiger partial charge in [-0.25, -0.2) is 4.98 Å². The standard InChI is InChI=1S/C7H6BrN3/c8-5-1-2-11-4-10-7(9)6(11)3-5/h1-4H,9H2. The summed E-state index contributed by atoms with van der Waals surface area (Å²) in [5, 5.41) is 0. The molecule has 0 saturated heterocycles. The van der Waals surface area contributed by atoms with E-state index in [1.807, 2.05) is 22.7 Å². The lowest BCUT2D eigenvalue weighted by molar-refractivity contribution is 1.15. The smallest absolute Gasteiger partial charge is 0.149 e. The maximum atomic E-state index is 5.59. The van der Waals surface area contributed by atoms with E-state index in [4.69, 9.17) is 5.73 Å². The molecule has 0 radical (unpaired) electrons. The highest BCUT2D eigenvalue weighted by Gasteiger charge is 1.98. The van der Waals surface area contributed by atoms with Crippen LogP contribution >= 0.6 is 15.9 Å². The molecule has 0 unspecified atom stereocenters. The highest BCUT2D eigenvalue weighted by atomic mass is 79.9. The van der Waals surface area contributed by atoms with Crippen molar-refractivity contribution in [2.24, 2.45) is 0 Å². The number of nitrogen functional groups attached to an aromatic ring is 1. The summed E-state index contributed by atoms with van der Waals surface area (Å²) in [6, 6.07) is 3.87. The van der Waals surface area contributed by atoms with Crippen LogP contribution in [0.3, 0.4) is 0 Å². The molecule has 3 nitrogen and oxygen atoms in total. The molecule has 2 aromatic heterocycles. The summed E-state index contributed by atoms with van der Waals surface area (Å²) < 4.78 is 2.89. The summed E-state index contributed by atoms with van der Waals surface area (Å²) >= 11 is 3.35. The Morgan fingerprint density at radius 2 is 2.36 bits per heavy atom. The van der Waals surface area contributed by atoms with Crippen molar-refractivity contribution >= 4 is 27.3 Å². The number of nitrogens with zero attached hydrogens (tertiary/aromatic N) is 2. The second-order valence-corrected chi connectivity index (χ2v) is 3.18. The third kappa shape index (κ3) is 0.991. The Morgan fingerprint density at radius 1 is 1.55 bits per heavy atom. The van der Waals surface area contributed by atoms with Crippen LogP contribution in [0.15, 0.2) is 29.1 Å². The quantitative estimate of drug-likeness (QED) is 0.721. The molecule has 0 amide bonds. The van der Waals surface area contributed by atoms with Crippen molar-refractivity contribution in [2.75, 3.05) is 5.73 Å². The molecule has 4 heteroatoms. The Balaban J connectivity index is 2.87. The summed E-state index contributed by atoms with van der Waals surface area (Å²) in [5.74, 6) is 0.561. The van der Waals surface area contributed by atoms with Crippen molar-refractivity contribution in [1.29, 1.82) is 0 Å². The van der Waals surface area contributed by atoms with Crippen molar-refractivity contribution in [1.82, 2.24) is 9.38 Å². The molecule has 2 N–H and O–H groups in total. The number of anilines is 1. The molecule has 0 fully saturated rings. The van der Waals surface area contributed by atoms with Gasteiger partial charge in [0.15, 0.2) is 0 Å². The molecule has 2 aromatic rings. The summed E-state index contributed by atoms with van der Waals surface area (Å²) in [6.45, 7) is 0. The first-order chi connectivity index (χ1) is 5.27. The number of imidazole rings is 1. The number of fused-ring (bicyclic) bond motifs is 1. The van der Waals surface area contributed by atoms with E-state index >= 15 is 0 Å². The third-order valence-corrected chi connectivity index (χ3v) is 2.02. The SMILES string of the molecule is Nc1ncn2ccc(Br)cc12. The predicted molar refractivity (Wildman–Crippen MR) is 47.3 cm³/mol. The van der Waals surface area contributed by atoms with Crippen LogP contribution in [-0.2, 0) is 0 Å². The van der Waals surface area contributed by atoms with Gasteiger partial charge in [-0.3, -0.25) is 0 Å². The molecular formula is C7H6BrN3. The lowest BCUT2D eigenvalue weighted by Gasteiger charge is -1.93. The average molecular weight is 212 g/mol. The van der Waals surface area contributed by atoms with Gasteiger partial charge in [0, 0.05) is 10.7 Å². The molecular weight excluding hydrogens is 206 g/mol. The number of aromatic nitrogens is 2. The lowest BCUT2D eigenvalue weighted by atomic mass is 10.4. The van der Waals surface area contributed by atoms with Crippen LogP contribution in [0.4, 0.5) is 5.82 Å². The Bertz CT molecular complexity index is 393. The van der Waals surface area contributed by atoms with Crippen LogP contribution in [0, 0.1) is 0 Å². The van der Waals surface area contributed by atoms with Crippen molar-refractivity contribution in [3.05, 3.63) is 29.1 Å². The lowest BCUT2D eigenvalue weighted by Crippen LogP contribution is -1.85. The van der Waals surface area contributed by atoms with Crippen LogP contribution in [0.2, 0.25) is 0 Å². The molecule has 0 aliphatic carbocycles. The molecule has 0 bridgehead atoms. The molecule has 2 rings (SSSR count). The predicted octanol–water partition coefficient (Wildman–Crippen LogP) is 1.68. The molecule has 0 aliphatic heterocycles. The first kappa shape index (κ1) is 6.67. The van der Waals surface area contributed by atoms with E-state index in [9.17, 15) is 0 Å². The molecule has 0 aromatic carbocycles. The fourth-order valence-corrected chi connectivity index (χ4v) is 1.32. The highest BCUT2D eigenvalue weighted by Crippen LogP contribution is 2.16. The highest BCUT2D eigenvalue weighted by molar-refractivity contribution is 9.10. The van der Waals surface area contributed by atoms with Gasteiger partial charge in [-0.1, -0.05) is 15.9 Å². The average Bonchev–Trinajstić information content (AvgIpc) is 2.33. The second-order valence-electron chi connectivity index (χ2n) is 2.27. The summed E-state index contributed by atoms with van der Waals surface area (Å²) in [5.41, 5.74) is 6.52. The van der Waals surface area contributed by atoms with Gasteiger partial charge in [-0.05, 0) is 12.1 Å². The van der Waals surface area contributed by atoms with Crippen molar-refractivity contribution in [2.45, 2.75) is 0 Å². The van der Waals surface area contributed by atoms with Crippen LogP contribution in [0.25, 0.3) is 5.52 Å². The van der Waals surface area contributed by atoms with Crippen LogP contribution < -0.4 is 5.73 Å². The first-order valence-electron chi connectivity index (χ1n) is 3.15. The van der Waals surface area contributed by atoms with E-state index in [0.717, 1.165) is 9.99 Å². The van der Waals surface area contributed by atoms with Crippen molar-refractivity contribution < 1.29 is 0 Å². The fourth-order valence-electron chi connectivity index (χ4n) is 0.983. The van der Waals surface area contributed by atoms with Gasteiger partial charge in [0.05, 0.1) is 5.52 Å². The van der Waals surface area contributed by atoms with Gasteiger partial charge in [-0.15, -0.1) is 0 Å². The number of hydrogen-bond donors (Lipinski definition) is 1. The minimum Gasteiger partial charge on any atom is -0.382 e. The maximum absolute atomic E-state index is 5.59. The van der Waals surface area contributed by atoms with E-state index in [1.165, 1.54) is 0 Å². The number of rotatable bonds is 0. The first-order valence-corrected chi connectivity index (χ1v) is 3.94. The molecule has 11 heavy (non-hydrogen) atoms. The summed E-state index contributed by atoms with van der Waals surface area (Å²) in [6.07, 6.45) is 3.60. The Morgan fingerprint density at radius 3 is 3.18 bits per heavy atom. The summed E-state index contributed by atoms with van der Waals surface area (Å²) in [7, 11) is 0. The zero-order valence-corrected chi connectivity index (χ0v) is 7.25. The van der Waals surface area contributed by atoms with Crippen molar-refractivity contribution in [3.8, 4) is 0 Å². The zero-order valence-electron chi connectivity index (χ0n) is 5.66. The van der Waals surface area contributed by atoms with E-state index in [-0.39, 0.29) is 0 Å². The van der Waals surface area contributed by atoms with Crippen LogP contribution in [0.5, 0.6) is 0 Å². The molecule has 0 atom stereocenters. The number of pyridine rings is 1. The van der Waals surface area contributed by atoms with E-state index in [1.54, 1.807) is 6.33 Å². The van der Waals surface area contributed by atoms with E-state index < -0.39 is 0 Å². The van der Waals surface area contributed by atoms with Crippen LogP contribution in [0.1, 0.15) is 0 Å². The van der Waals surface area contributed by atoms with Crippen LogP contribution in [-0.4, -0.2) is 9.38 Å². The fraction of sp³-hybridized carbons (Fsp3) is 0. The Labute approximate surface area is 72.0 Å². The monoisotopic (exact) mass is 211 g/mol. The Kier molecular flexibility index (Phi) is 1.35. The van der Waals surface area contributed by atoms with Gasteiger partial charge in [0.2, 0.25) is 0 Å². The molecule has 0 spiro atoms. The van der Waals surface area contributed by atoms with E-state index in [2.05, 4.69) is 20.9 Å². The number of nitrogens with two attached hydrogens (primary N) is 1. The minimum absolute atomic E-state index is 0.561. The van der Waals surface area contributed by atoms with Gasteiger partial charge < -0.3 is 10.1 Å². The maximum Gasteiger partial charge on any atom is 0.149 e. The minimum atomic E-state index is 0.561. The molecule has 0 saturated carbocycles.